The molecular formula is C19H14N4O3. The maximum Gasteiger partial charge on any atom is 0.270 e. The lowest BCUT2D eigenvalue weighted by atomic mass is 10.1. The molecule has 0 atom stereocenters. The van der Waals surface area contributed by atoms with Crippen LogP contribution in [0.25, 0.3) is 16.5 Å². The summed E-state index contributed by atoms with van der Waals surface area (Å²) in [6.07, 6.45) is 3.84. The van der Waals surface area contributed by atoms with E-state index in [0.29, 0.717) is 11.3 Å². The van der Waals surface area contributed by atoms with Crippen LogP contribution in [0.2, 0.25) is 0 Å². The molecule has 4 aromatic rings. The summed E-state index contributed by atoms with van der Waals surface area (Å²) in [4.78, 5) is 36.0. The highest BCUT2D eigenvalue weighted by Gasteiger charge is 2.09. The van der Waals surface area contributed by atoms with E-state index in [1.54, 1.807) is 18.2 Å². The number of fused-ring (bicyclic) bond motifs is 1. The summed E-state index contributed by atoms with van der Waals surface area (Å²) < 4.78 is 1.94. The Labute approximate surface area is 146 Å². The van der Waals surface area contributed by atoms with Gasteiger partial charge in [-0.25, -0.2) is 0 Å². The summed E-state index contributed by atoms with van der Waals surface area (Å²) in [6, 6.07) is 15.6. The number of nitrogens with zero attached hydrogens (tertiary/aromatic N) is 1. The Morgan fingerprint density at radius 1 is 0.846 bits per heavy atom. The van der Waals surface area contributed by atoms with Gasteiger partial charge in [0.25, 0.3) is 17.0 Å². The normalized spacial score (nSPS) is 10.8. The smallest absolute Gasteiger partial charge is 0.270 e. The molecule has 2 aromatic carbocycles. The van der Waals surface area contributed by atoms with Crippen molar-refractivity contribution in [3.63, 3.8) is 0 Å². The number of carbonyl (C=O) groups excluding carboxylic acids is 1. The van der Waals surface area contributed by atoms with Crippen molar-refractivity contribution < 1.29 is 4.79 Å². The Morgan fingerprint density at radius 2 is 1.50 bits per heavy atom. The second-order valence-corrected chi connectivity index (χ2v) is 5.76. The van der Waals surface area contributed by atoms with Gasteiger partial charge in [0.2, 0.25) is 0 Å². The van der Waals surface area contributed by atoms with Gasteiger partial charge in [-0.2, -0.15) is 0 Å². The Hall–Kier alpha value is -3.87. The topological polar surface area (TPSA) is 99.8 Å². The van der Waals surface area contributed by atoms with Crippen molar-refractivity contribution in [3.8, 4) is 5.69 Å². The van der Waals surface area contributed by atoms with Crippen LogP contribution in [-0.2, 0) is 0 Å². The third-order valence-electron chi connectivity index (χ3n) is 4.09. The van der Waals surface area contributed by atoms with Gasteiger partial charge in [0.15, 0.2) is 0 Å². The number of hydrogen-bond donors (Lipinski definition) is 3. The van der Waals surface area contributed by atoms with Crippen molar-refractivity contribution in [2.24, 2.45) is 0 Å². The molecule has 26 heavy (non-hydrogen) atoms. The molecule has 4 rings (SSSR count). The van der Waals surface area contributed by atoms with Gasteiger partial charge >= 0.3 is 0 Å². The highest BCUT2D eigenvalue weighted by atomic mass is 16.2. The van der Waals surface area contributed by atoms with E-state index in [0.717, 1.165) is 5.69 Å². The number of rotatable bonds is 3. The van der Waals surface area contributed by atoms with Crippen LogP contribution in [0.5, 0.6) is 0 Å². The van der Waals surface area contributed by atoms with E-state index >= 15 is 0 Å². The van der Waals surface area contributed by atoms with Crippen LogP contribution >= 0.6 is 0 Å². The first kappa shape index (κ1) is 15.6. The van der Waals surface area contributed by atoms with Gasteiger partial charge in [0.05, 0.1) is 10.8 Å². The number of H-pyrrole nitrogens is 2. The van der Waals surface area contributed by atoms with Crippen LogP contribution in [0.15, 0.2) is 76.6 Å². The lowest BCUT2D eigenvalue weighted by Crippen LogP contribution is -2.19. The highest BCUT2D eigenvalue weighted by Crippen LogP contribution is 2.15. The summed E-state index contributed by atoms with van der Waals surface area (Å²) in [5, 5.41) is 7.75. The quantitative estimate of drug-likeness (QED) is 0.530. The minimum Gasteiger partial charge on any atom is -0.324 e. The molecule has 0 unspecified atom stereocenters. The van der Waals surface area contributed by atoms with Crippen molar-refractivity contribution in [1.82, 2.24) is 14.8 Å². The minimum absolute atomic E-state index is 0.217. The average Bonchev–Trinajstić information content (AvgIpc) is 3.20. The van der Waals surface area contributed by atoms with Crippen molar-refractivity contribution in [3.05, 3.63) is 93.3 Å². The summed E-state index contributed by atoms with van der Waals surface area (Å²) in [7, 11) is 0. The number of benzene rings is 2. The van der Waals surface area contributed by atoms with Crippen LogP contribution in [0.4, 0.5) is 5.69 Å². The van der Waals surface area contributed by atoms with Gasteiger partial charge in [-0.1, -0.05) is 0 Å². The zero-order valence-corrected chi connectivity index (χ0v) is 13.5. The van der Waals surface area contributed by atoms with Gasteiger partial charge in [-0.3, -0.25) is 24.6 Å². The molecular weight excluding hydrogens is 332 g/mol. The number of aromatic nitrogens is 3. The predicted molar refractivity (Wildman–Crippen MR) is 98.9 cm³/mol. The van der Waals surface area contributed by atoms with E-state index in [1.807, 2.05) is 41.2 Å². The first-order valence-corrected chi connectivity index (χ1v) is 7.91. The standard InChI is InChI=1S/C19H14N4O3/c24-17(12-3-6-14(7-4-12)23-9-1-2-10-23)20-13-5-8-15-16(11-13)19(26)22-21-18(15)25/h1-11H,(H,20,24)(H,21,25)(H,22,26). The second kappa shape index (κ2) is 6.21. The molecule has 7 nitrogen and oxygen atoms in total. The molecule has 128 valence electrons. The SMILES string of the molecule is O=C(Nc1ccc2c(=O)[nH][nH]c(=O)c2c1)c1ccc(-n2cccc2)cc1. The number of nitrogens with one attached hydrogen (secondary N) is 3. The molecule has 7 heteroatoms. The molecule has 0 radical (unpaired) electrons. The molecule has 0 aliphatic rings. The summed E-state index contributed by atoms with van der Waals surface area (Å²) in [5.41, 5.74) is 1.06. The fraction of sp³-hybridized carbons (Fsp3) is 0. The molecule has 0 aliphatic heterocycles. The second-order valence-electron chi connectivity index (χ2n) is 5.76. The Morgan fingerprint density at radius 3 is 2.19 bits per heavy atom. The highest BCUT2D eigenvalue weighted by molar-refractivity contribution is 6.05. The van der Waals surface area contributed by atoms with E-state index in [1.165, 1.54) is 12.1 Å². The van der Waals surface area contributed by atoms with Gasteiger partial charge in [-0.05, 0) is 54.6 Å². The molecule has 3 N–H and O–H groups in total. The third kappa shape index (κ3) is 2.82. The van der Waals surface area contributed by atoms with Gasteiger partial charge in [-0.15, -0.1) is 0 Å². The molecule has 0 aliphatic carbocycles. The van der Waals surface area contributed by atoms with Crippen molar-refractivity contribution in [1.29, 1.82) is 0 Å². The van der Waals surface area contributed by atoms with Crippen LogP contribution in [-0.4, -0.2) is 20.7 Å². The molecule has 0 fully saturated rings. The Balaban J connectivity index is 1.60. The van der Waals surface area contributed by atoms with Crippen LogP contribution in [0.1, 0.15) is 10.4 Å². The lowest BCUT2D eigenvalue weighted by molar-refractivity contribution is 0.102. The van der Waals surface area contributed by atoms with Crippen LogP contribution < -0.4 is 16.4 Å². The van der Waals surface area contributed by atoms with E-state index in [2.05, 4.69) is 15.5 Å². The van der Waals surface area contributed by atoms with Crippen molar-refractivity contribution in [2.75, 3.05) is 5.32 Å². The largest absolute Gasteiger partial charge is 0.324 e. The van der Waals surface area contributed by atoms with Crippen molar-refractivity contribution in [2.45, 2.75) is 0 Å². The fourth-order valence-corrected chi connectivity index (χ4v) is 2.75. The van der Waals surface area contributed by atoms with E-state index in [4.69, 9.17) is 0 Å². The molecule has 0 saturated heterocycles. The fourth-order valence-electron chi connectivity index (χ4n) is 2.75. The van der Waals surface area contributed by atoms with Gasteiger partial charge < -0.3 is 9.88 Å². The first-order chi connectivity index (χ1) is 12.6. The molecule has 2 aromatic heterocycles. The number of hydrogen-bond acceptors (Lipinski definition) is 3. The lowest BCUT2D eigenvalue weighted by Gasteiger charge is -2.08. The van der Waals surface area contributed by atoms with E-state index in [9.17, 15) is 14.4 Å². The molecule has 1 amide bonds. The molecule has 0 saturated carbocycles. The van der Waals surface area contributed by atoms with Gasteiger partial charge in [0.1, 0.15) is 0 Å². The summed E-state index contributed by atoms with van der Waals surface area (Å²) >= 11 is 0. The Kier molecular flexibility index (Phi) is 3.74. The molecule has 0 bridgehead atoms. The predicted octanol–water partition coefficient (Wildman–Crippen LogP) is 2.26. The zero-order valence-electron chi connectivity index (χ0n) is 13.5. The van der Waals surface area contributed by atoms with Crippen molar-refractivity contribution >= 4 is 22.4 Å². The monoisotopic (exact) mass is 346 g/mol. The minimum atomic E-state index is -0.424. The number of aromatic amines is 2. The number of anilines is 1. The van der Waals surface area contributed by atoms with E-state index in [-0.39, 0.29) is 16.7 Å². The maximum absolute atomic E-state index is 12.4. The average molecular weight is 346 g/mol. The van der Waals surface area contributed by atoms with Crippen LogP contribution in [0, 0.1) is 0 Å². The first-order valence-electron chi connectivity index (χ1n) is 7.91. The number of amides is 1. The number of carbonyl (C=O) groups is 1. The van der Waals surface area contributed by atoms with Crippen LogP contribution in [0.3, 0.4) is 0 Å². The summed E-state index contributed by atoms with van der Waals surface area (Å²) in [6.45, 7) is 0. The maximum atomic E-state index is 12.4. The summed E-state index contributed by atoms with van der Waals surface area (Å²) in [5.74, 6) is -0.301. The zero-order chi connectivity index (χ0) is 18.1. The molecule has 2 heterocycles. The van der Waals surface area contributed by atoms with Gasteiger partial charge in [0, 0.05) is 29.3 Å². The van der Waals surface area contributed by atoms with E-state index < -0.39 is 11.1 Å². The molecule has 0 spiro atoms. The third-order valence-corrected chi connectivity index (χ3v) is 4.09. The Bertz CT molecular complexity index is 1200.